The van der Waals surface area contributed by atoms with Gasteiger partial charge in [-0.2, -0.15) is 0 Å². The highest BCUT2D eigenvalue weighted by Crippen LogP contribution is 2.26. The highest BCUT2D eigenvalue weighted by Gasteiger charge is 2.21. The zero-order valence-electron chi connectivity index (χ0n) is 22.5. The van der Waals surface area contributed by atoms with E-state index in [-0.39, 0.29) is 12.3 Å². The number of nitrogens with zero attached hydrogens (tertiary/aromatic N) is 4. The molecule has 36 heavy (non-hydrogen) atoms. The number of piperidine rings is 1. The summed E-state index contributed by atoms with van der Waals surface area (Å²) < 4.78 is 20.1. The van der Waals surface area contributed by atoms with Crippen LogP contribution in [0.2, 0.25) is 0 Å². The molecule has 1 aromatic heterocycles. The molecule has 1 atom stereocenters. The normalized spacial score (nSPS) is 15.4. The third-order valence-corrected chi connectivity index (χ3v) is 8.48. The fourth-order valence-electron chi connectivity index (χ4n) is 4.56. The van der Waals surface area contributed by atoms with Crippen LogP contribution in [0.4, 0.5) is 11.5 Å². The maximum Gasteiger partial charge on any atom is 0.225 e. The number of ether oxygens (including phenoxy) is 1. The molecule has 198 valence electrons. The van der Waals surface area contributed by atoms with Crippen LogP contribution >= 0.6 is 0 Å². The Bertz CT molecular complexity index is 1010. The minimum atomic E-state index is -1.36. The molecule has 1 amide bonds. The molecule has 0 spiro atoms. The lowest BCUT2D eigenvalue weighted by Crippen LogP contribution is -2.35. The van der Waals surface area contributed by atoms with Gasteiger partial charge in [-0.3, -0.25) is 4.79 Å². The first-order chi connectivity index (χ1) is 17.2. The molecule has 0 radical (unpaired) electrons. The Labute approximate surface area is 218 Å². The topological polar surface area (TPSA) is 78.0 Å². The maximum atomic E-state index is 13.1. The molecule has 0 aliphatic carbocycles. The Morgan fingerprint density at radius 2 is 1.81 bits per heavy atom. The van der Waals surface area contributed by atoms with Gasteiger partial charge in [0.1, 0.15) is 22.6 Å². The zero-order chi connectivity index (χ0) is 26.2. The molecule has 1 N–H and O–H groups in total. The van der Waals surface area contributed by atoms with E-state index >= 15 is 0 Å². The van der Waals surface area contributed by atoms with Gasteiger partial charge in [0, 0.05) is 33.1 Å². The molecule has 1 aliphatic heterocycles. The molecular formula is C27H41N5O3S. The number of aromatic nitrogens is 1. The van der Waals surface area contributed by atoms with Gasteiger partial charge >= 0.3 is 0 Å². The molecule has 1 aromatic carbocycles. The number of anilines is 2. The molecule has 1 saturated heterocycles. The predicted molar refractivity (Wildman–Crippen MR) is 147 cm³/mol. The summed E-state index contributed by atoms with van der Waals surface area (Å²) in [6, 6.07) is 7.65. The Morgan fingerprint density at radius 3 is 2.36 bits per heavy atom. The van der Waals surface area contributed by atoms with Gasteiger partial charge in [-0.25, -0.2) is 13.5 Å². The highest BCUT2D eigenvalue weighted by molar-refractivity contribution is 7.82. The van der Waals surface area contributed by atoms with E-state index in [9.17, 15) is 9.00 Å². The van der Waals surface area contributed by atoms with E-state index in [0.29, 0.717) is 12.2 Å². The number of carbonyl (C=O) groups excluding carboxylic acids is 1. The van der Waals surface area contributed by atoms with E-state index in [1.807, 2.05) is 38.1 Å². The average molecular weight is 516 g/mol. The first-order valence-electron chi connectivity index (χ1n) is 12.6. The molecule has 1 unspecified atom stereocenters. The summed E-state index contributed by atoms with van der Waals surface area (Å²) in [6.07, 6.45) is 5.59. The second-order valence-electron chi connectivity index (χ2n) is 9.92. The van der Waals surface area contributed by atoms with Gasteiger partial charge < -0.3 is 19.9 Å². The molecule has 0 bridgehead atoms. The van der Waals surface area contributed by atoms with Gasteiger partial charge in [0.15, 0.2) is 0 Å². The van der Waals surface area contributed by atoms with Crippen molar-refractivity contribution in [3.8, 4) is 5.75 Å². The molecule has 1 aliphatic rings. The summed E-state index contributed by atoms with van der Waals surface area (Å²) >= 11 is 0. The van der Waals surface area contributed by atoms with E-state index in [0.717, 1.165) is 53.1 Å². The molecule has 9 heteroatoms. The third kappa shape index (κ3) is 7.75. The van der Waals surface area contributed by atoms with Gasteiger partial charge in [0.05, 0.1) is 23.9 Å². The number of methoxy groups -OCH3 is 1. The van der Waals surface area contributed by atoms with E-state index in [4.69, 9.17) is 4.74 Å². The molecule has 0 saturated carbocycles. The number of amides is 1. The Balaban J connectivity index is 1.46. The lowest BCUT2D eigenvalue weighted by molar-refractivity contribution is -0.116. The van der Waals surface area contributed by atoms with E-state index in [2.05, 4.69) is 34.2 Å². The van der Waals surface area contributed by atoms with Crippen LogP contribution in [0.15, 0.2) is 35.4 Å². The van der Waals surface area contributed by atoms with Crippen molar-refractivity contribution < 1.29 is 13.7 Å². The first kappa shape index (κ1) is 28.1. The van der Waals surface area contributed by atoms with Gasteiger partial charge in [-0.05, 0) is 95.1 Å². The van der Waals surface area contributed by atoms with E-state index < -0.39 is 11.0 Å². The Kier molecular flexibility index (Phi) is 10.3. The van der Waals surface area contributed by atoms with E-state index in [1.54, 1.807) is 24.7 Å². The summed E-state index contributed by atoms with van der Waals surface area (Å²) in [5.74, 6) is 2.36. The Morgan fingerprint density at radius 1 is 1.14 bits per heavy atom. The van der Waals surface area contributed by atoms with Gasteiger partial charge in [-0.15, -0.1) is 0 Å². The van der Waals surface area contributed by atoms with Crippen molar-refractivity contribution in [1.29, 1.82) is 0 Å². The fraction of sp³-hybridized carbons (Fsp3) is 0.556. The minimum absolute atomic E-state index is 0.127. The molecule has 8 nitrogen and oxygen atoms in total. The lowest BCUT2D eigenvalue weighted by Gasteiger charge is -2.33. The van der Waals surface area contributed by atoms with Crippen LogP contribution in [0, 0.1) is 19.8 Å². The highest BCUT2D eigenvalue weighted by atomic mass is 32.2. The van der Waals surface area contributed by atoms with Gasteiger partial charge in [-0.1, -0.05) is 0 Å². The summed E-state index contributed by atoms with van der Waals surface area (Å²) in [4.78, 5) is 22.5. The van der Waals surface area contributed by atoms with Crippen LogP contribution in [-0.2, 0) is 15.8 Å². The monoisotopic (exact) mass is 515 g/mol. The van der Waals surface area contributed by atoms with Crippen molar-refractivity contribution in [3.63, 3.8) is 0 Å². The minimum Gasteiger partial charge on any atom is -0.497 e. The van der Waals surface area contributed by atoms with Crippen LogP contribution < -0.4 is 15.0 Å². The predicted octanol–water partition coefficient (Wildman–Crippen LogP) is 3.86. The summed E-state index contributed by atoms with van der Waals surface area (Å²) in [5, 5.41) is 2.91. The zero-order valence-corrected chi connectivity index (χ0v) is 23.4. The summed E-state index contributed by atoms with van der Waals surface area (Å²) in [7, 11) is 6.29. The number of hydrogen-bond donors (Lipinski definition) is 1. The van der Waals surface area contributed by atoms with Crippen LogP contribution in [0.25, 0.3) is 0 Å². The van der Waals surface area contributed by atoms with Gasteiger partial charge in [0.2, 0.25) is 5.91 Å². The van der Waals surface area contributed by atoms with Crippen LogP contribution in [0.1, 0.15) is 36.8 Å². The maximum absolute atomic E-state index is 13.1. The van der Waals surface area contributed by atoms with Crippen molar-refractivity contribution in [2.24, 2.45) is 5.92 Å². The van der Waals surface area contributed by atoms with E-state index in [1.165, 1.54) is 19.3 Å². The number of hydrogen-bond acceptors (Lipinski definition) is 6. The lowest BCUT2D eigenvalue weighted by atomic mass is 9.93. The summed E-state index contributed by atoms with van der Waals surface area (Å²) in [6.45, 7) is 7.41. The molecule has 1 fully saturated rings. The van der Waals surface area contributed by atoms with Crippen molar-refractivity contribution >= 4 is 28.4 Å². The van der Waals surface area contributed by atoms with Gasteiger partial charge in [0.25, 0.3) is 0 Å². The number of aryl methyl sites for hydroxylation is 2. The van der Waals surface area contributed by atoms with Crippen LogP contribution in [0.3, 0.4) is 0 Å². The number of nitrogens with one attached hydrogen (secondary N) is 1. The number of benzene rings is 1. The Hall–Kier alpha value is -2.49. The van der Waals surface area contributed by atoms with Crippen LogP contribution in [-0.4, -0.2) is 78.7 Å². The van der Waals surface area contributed by atoms with Crippen LogP contribution in [0.5, 0.6) is 5.75 Å². The SMILES string of the molecule is COc1cc(C)c(S(=O)N(C)CCC(=O)Nc2ccc(N3CCC(CCN(C)C)CC3)nc2)c(C)c1. The number of rotatable bonds is 11. The molecule has 3 rings (SSSR count). The van der Waals surface area contributed by atoms with Crippen molar-refractivity contribution in [1.82, 2.24) is 14.2 Å². The van der Waals surface area contributed by atoms with Crippen molar-refractivity contribution in [2.75, 3.05) is 64.6 Å². The quantitative estimate of drug-likeness (QED) is 0.490. The second-order valence-corrected chi connectivity index (χ2v) is 11.4. The first-order valence-corrected chi connectivity index (χ1v) is 13.7. The van der Waals surface area contributed by atoms with Crippen molar-refractivity contribution in [2.45, 2.75) is 44.4 Å². The smallest absolute Gasteiger partial charge is 0.225 e. The summed E-state index contributed by atoms with van der Waals surface area (Å²) in [5.41, 5.74) is 2.49. The standard InChI is InChI=1S/C27H41N5O3S/c1-20-17-24(35-6)18-21(2)27(20)36(34)31(5)14-12-26(33)29-23-7-8-25(28-19-23)32-15-10-22(11-16-32)9-13-30(3)4/h7-8,17-19,22H,9-16H2,1-6H3,(H,29,33). The molecular weight excluding hydrogens is 474 g/mol. The molecule has 2 aromatic rings. The van der Waals surface area contributed by atoms with Crippen molar-refractivity contribution in [3.05, 3.63) is 41.6 Å². The number of carbonyl (C=O) groups is 1. The largest absolute Gasteiger partial charge is 0.497 e. The average Bonchev–Trinajstić information content (AvgIpc) is 2.86. The fourth-order valence-corrected chi connectivity index (χ4v) is 5.80. The number of pyridine rings is 1. The molecule has 2 heterocycles. The third-order valence-electron chi connectivity index (χ3n) is 6.74. The second kappa shape index (κ2) is 13.2.